The normalized spacial score (nSPS) is 11.1. The van der Waals surface area contributed by atoms with Crippen molar-refractivity contribution in [3.8, 4) is 0 Å². The van der Waals surface area contributed by atoms with E-state index >= 15 is 0 Å². The van der Waals surface area contributed by atoms with E-state index in [0.717, 1.165) is 11.2 Å². The van der Waals surface area contributed by atoms with Gasteiger partial charge < -0.3 is 5.11 Å². The van der Waals surface area contributed by atoms with E-state index in [9.17, 15) is 0 Å². The average Bonchev–Trinajstić information content (AvgIpc) is 1.86. The van der Waals surface area contributed by atoms with Crippen LogP contribution in [-0.4, -0.2) is 19.8 Å². The van der Waals surface area contributed by atoms with Crippen LogP contribution in [0.1, 0.15) is 0 Å². The van der Waals surface area contributed by atoms with Gasteiger partial charge in [-0.1, -0.05) is 37.5 Å². The van der Waals surface area contributed by atoms with Crippen LogP contribution in [0.5, 0.6) is 0 Å². The molecule has 0 bridgehead atoms. The SMILES string of the molecule is C=CC(=C)[Si](C)(C)CCO. The fourth-order valence-corrected chi connectivity index (χ4v) is 2.15. The Morgan fingerprint density at radius 2 is 2.10 bits per heavy atom. The van der Waals surface area contributed by atoms with Gasteiger partial charge >= 0.3 is 0 Å². The fraction of sp³-hybridized carbons (Fsp3) is 0.500. The lowest BCUT2D eigenvalue weighted by Gasteiger charge is -2.21. The molecule has 0 aromatic heterocycles. The van der Waals surface area contributed by atoms with Crippen LogP contribution >= 0.6 is 0 Å². The number of allylic oxidation sites excluding steroid dienone is 2. The van der Waals surface area contributed by atoms with Crippen molar-refractivity contribution in [2.75, 3.05) is 6.61 Å². The molecule has 0 fully saturated rings. The van der Waals surface area contributed by atoms with Crippen molar-refractivity contribution in [1.82, 2.24) is 0 Å². The minimum atomic E-state index is -1.37. The Morgan fingerprint density at radius 3 is 2.40 bits per heavy atom. The smallest absolute Gasteiger partial charge is 0.0820 e. The van der Waals surface area contributed by atoms with E-state index < -0.39 is 8.07 Å². The molecule has 0 saturated carbocycles. The van der Waals surface area contributed by atoms with E-state index in [0.29, 0.717) is 0 Å². The molecule has 0 aliphatic rings. The third kappa shape index (κ3) is 2.50. The van der Waals surface area contributed by atoms with Gasteiger partial charge in [0.05, 0.1) is 8.07 Å². The van der Waals surface area contributed by atoms with Crippen molar-refractivity contribution in [2.24, 2.45) is 0 Å². The summed E-state index contributed by atoms with van der Waals surface area (Å²) in [6, 6.07) is 0.887. The van der Waals surface area contributed by atoms with E-state index in [-0.39, 0.29) is 6.61 Å². The topological polar surface area (TPSA) is 20.2 Å². The number of hydrogen-bond acceptors (Lipinski definition) is 1. The molecule has 1 nitrogen and oxygen atoms in total. The molecule has 2 heteroatoms. The van der Waals surface area contributed by atoms with Gasteiger partial charge in [-0.15, -0.1) is 0 Å². The van der Waals surface area contributed by atoms with Gasteiger partial charge in [0.25, 0.3) is 0 Å². The highest BCUT2D eigenvalue weighted by Crippen LogP contribution is 2.17. The highest BCUT2D eigenvalue weighted by molar-refractivity contribution is 6.84. The Kier molecular flexibility index (Phi) is 3.61. The monoisotopic (exact) mass is 156 g/mol. The molecule has 0 heterocycles. The van der Waals surface area contributed by atoms with Gasteiger partial charge in [0.15, 0.2) is 0 Å². The van der Waals surface area contributed by atoms with Crippen molar-refractivity contribution < 1.29 is 5.11 Å². The summed E-state index contributed by atoms with van der Waals surface area (Å²) in [4.78, 5) is 0. The molecule has 0 atom stereocenters. The molecule has 58 valence electrons. The van der Waals surface area contributed by atoms with Gasteiger partial charge in [-0.05, 0) is 6.04 Å². The zero-order chi connectivity index (χ0) is 8.20. The first-order valence-electron chi connectivity index (χ1n) is 3.47. The fourth-order valence-electron chi connectivity index (χ4n) is 0.716. The Morgan fingerprint density at radius 1 is 1.60 bits per heavy atom. The molecule has 0 saturated heterocycles. The van der Waals surface area contributed by atoms with Gasteiger partial charge in [-0.25, -0.2) is 0 Å². The summed E-state index contributed by atoms with van der Waals surface area (Å²) in [6.07, 6.45) is 1.81. The molecule has 0 amide bonds. The van der Waals surface area contributed by atoms with Crippen molar-refractivity contribution >= 4 is 8.07 Å². The van der Waals surface area contributed by atoms with Crippen LogP contribution in [0.25, 0.3) is 0 Å². The Bertz CT molecular complexity index is 138. The zero-order valence-corrected chi connectivity index (χ0v) is 7.85. The maximum absolute atomic E-state index is 8.71. The highest BCUT2D eigenvalue weighted by atomic mass is 28.3. The van der Waals surface area contributed by atoms with E-state index in [1.54, 1.807) is 0 Å². The number of rotatable bonds is 4. The van der Waals surface area contributed by atoms with Crippen LogP contribution in [0.15, 0.2) is 24.4 Å². The lowest BCUT2D eigenvalue weighted by atomic mass is 10.6. The zero-order valence-electron chi connectivity index (χ0n) is 6.85. The predicted molar refractivity (Wildman–Crippen MR) is 48.7 cm³/mol. The van der Waals surface area contributed by atoms with Gasteiger partial charge in [-0.2, -0.15) is 0 Å². The van der Waals surface area contributed by atoms with Crippen molar-refractivity contribution in [3.63, 3.8) is 0 Å². The Labute approximate surface area is 64.1 Å². The first-order chi connectivity index (χ1) is 4.54. The molecule has 0 aromatic rings. The van der Waals surface area contributed by atoms with E-state index in [4.69, 9.17) is 5.11 Å². The lowest BCUT2D eigenvalue weighted by Crippen LogP contribution is -2.28. The number of aliphatic hydroxyl groups is 1. The Balaban J connectivity index is 4.08. The average molecular weight is 156 g/mol. The summed E-state index contributed by atoms with van der Waals surface area (Å²) in [5.74, 6) is 0. The highest BCUT2D eigenvalue weighted by Gasteiger charge is 2.21. The molecule has 0 radical (unpaired) electrons. The molecule has 0 unspecified atom stereocenters. The van der Waals surface area contributed by atoms with Crippen LogP contribution in [0.4, 0.5) is 0 Å². The molecular formula is C8H16OSi. The largest absolute Gasteiger partial charge is 0.397 e. The molecule has 0 rings (SSSR count). The number of aliphatic hydroxyl groups excluding tert-OH is 1. The minimum Gasteiger partial charge on any atom is -0.397 e. The van der Waals surface area contributed by atoms with Gasteiger partial charge in [0, 0.05) is 6.61 Å². The van der Waals surface area contributed by atoms with Crippen LogP contribution in [0, 0.1) is 0 Å². The molecule has 1 N–H and O–H groups in total. The van der Waals surface area contributed by atoms with Gasteiger partial charge in [0.1, 0.15) is 0 Å². The second-order valence-electron chi connectivity index (χ2n) is 3.09. The summed E-state index contributed by atoms with van der Waals surface area (Å²) in [5, 5.41) is 9.83. The molecule has 0 aromatic carbocycles. The third-order valence-corrected chi connectivity index (χ3v) is 5.27. The molecule has 0 spiro atoms. The van der Waals surface area contributed by atoms with Gasteiger partial charge in [-0.3, -0.25) is 0 Å². The third-order valence-electron chi connectivity index (χ3n) is 1.85. The molecule has 0 aliphatic carbocycles. The lowest BCUT2D eigenvalue weighted by molar-refractivity contribution is 0.316. The second kappa shape index (κ2) is 3.74. The maximum atomic E-state index is 8.71. The quantitative estimate of drug-likeness (QED) is 0.487. The van der Waals surface area contributed by atoms with Crippen molar-refractivity contribution in [1.29, 1.82) is 0 Å². The standard InChI is InChI=1S/C8H16OSi/c1-5-8(2)10(3,4)7-6-9/h5,9H,1-2,6-7H2,3-4H3. The van der Waals surface area contributed by atoms with Crippen LogP contribution in [-0.2, 0) is 0 Å². The summed E-state index contributed by atoms with van der Waals surface area (Å²) < 4.78 is 0. The van der Waals surface area contributed by atoms with Crippen LogP contribution < -0.4 is 0 Å². The first kappa shape index (κ1) is 9.66. The van der Waals surface area contributed by atoms with Gasteiger partial charge in [0.2, 0.25) is 0 Å². The number of hydrogen-bond donors (Lipinski definition) is 1. The molecule has 10 heavy (non-hydrogen) atoms. The summed E-state index contributed by atoms with van der Waals surface area (Å²) in [6.45, 7) is 12.2. The summed E-state index contributed by atoms with van der Waals surface area (Å²) >= 11 is 0. The van der Waals surface area contributed by atoms with Crippen molar-refractivity contribution in [2.45, 2.75) is 19.1 Å². The van der Waals surface area contributed by atoms with Crippen molar-refractivity contribution in [3.05, 3.63) is 24.4 Å². The first-order valence-corrected chi connectivity index (χ1v) is 6.68. The Hall–Kier alpha value is -0.343. The molecular weight excluding hydrogens is 140 g/mol. The summed E-state index contributed by atoms with van der Waals surface area (Å²) in [7, 11) is -1.37. The van der Waals surface area contributed by atoms with E-state index in [2.05, 4.69) is 26.3 Å². The van der Waals surface area contributed by atoms with E-state index in [1.807, 2.05) is 6.08 Å². The molecule has 0 aliphatic heterocycles. The minimum absolute atomic E-state index is 0.270. The predicted octanol–water partition coefficient (Wildman–Crippen LogP) is 1.97. The second-order valence-corrected chi connectivity index (χ2v) is 8.00. The maximum Gasteiger partial charge on any atom is 0.0820 e. The van der Waals surface area contributed by atoms with Crippen LogP contribution in [0.3, 0.4) is 0 Å². The van der Waals surface area contributed by atoms with E-state index in [1.165, 1.54) is 0 Å². The summed E-state index contributed by atoms with van der Waals surface area (Å²) in [5.41, 5.74) is 0. The van der Waals surface area contributed by atoms with Crippen LogP contribution in [0.2, 0.25) is 19.1 Å².